The number of fused-ring (bicyclic) bond motifs is 3. The fourth-order valence-corrected chi connectivity index (χ4v) is 2.92. The Balaban J connectivity index is 2.04. The average molecular weight is 306 g/mol. The Kier molecular flexibility index (Phi) is 2.99. The van der Waals surface area contributed by atoms with Crippen LogP contribution in [-0.2, 0) is 6.42 Å². The molecule has 1 aliphatic rings. The number of aromatic amines is 1. The Labute approximate surface area is 115 Å². The van der Waals surface area contributed by atoms with Crippen LogP contribution in [0.5, 0.6) is 0 Å². The summed E-state index contributed by atoms with van der Waals surface area (Å²) in [6.45, 7) is 2.80. The van der Waals surface area contributed by atoms with Crippen LogP contribution in [0, 0.1) is 0 Å². The molecule has 1 aromatic heterocycles. The van der Waals surface area contributed by atoms with Crippen molar-refractivity contribution in [3.05, 3.63) is 39.8 Å². The maximum atomic E-state index is 5.79. The van der Waals surface area contributed by atoms with Gasteiger partial charge in [-0.3, -0.25) is 0 Å². The van der Waals surface area contributed by atoms with Gasteiger partial charge in [0.1, 0.15) is 5.82 Å². The molecule has 0 saturated heterocycles. The van der Waals surface area contributed by atoms with Crippen LogP contribution in [-0.4, -0.2) is 16.5 Å². The molecule has 2 aromatic rings. The van der Waals surface area contributed by atoms with E-state index in [1.54, 1.807) is 0 Å². The molecule has 0 saturated carbocycles. The zero-order valence-electron chi connectivity index (χ0n) is 10.3. The van der Waals surface area contributed by atoms with Crippen molar-refractivity contribution in [1.82, 2.24) is 9.97 Å². The van der Waals surface area contributed by atoms with E-state index in [2.05, 4.69) is 46.0 Å². The topological polar surface area (TPSA) is 54.7 Å². The number of hydrogen-bond donors (Lipinski definition) is 2. The van der Waals surface area contributed by atoms with Gasteiger partial charge in [0, 0.05) is 34.6 Å². The first-order valence-corrected chi connectivity index (χ1v) is 7.09. The molecule has 1 aliphatic carbocycles. The highest BCUT2D eigenvalue weighted by molar-refractivity contribution is 9.10. The maximum absolute atomic E-state index is 5.79. The highest BCUT2D eigenvalue weighted by Gasteiger charge is 2.24. The van der Waals surface area contributed by atoms with E-state index in [1.807, 2.05) is 0 Å². The molecule has 0 radical (unpaired) electrons. The van der Waals surface area contributed by atoms with E-state index >= 15 is 0 Å². The molecule has 0 bridgehead atoms. The number of benzene rings is 1. The van der Waals surface area contributed by atoms with Gasteiger partial charge in [-0.05, 0) is 24.1 Å². The number of rotatable bonds is 3. The van der Waals surface area contributed by atoms with Crippen molar-refractivity contribution in [3.63, 3.8) is 0 Å². The molecular weight excluding hydrogens is 290 g/mol. The molecule has 0 spiro atoms. The molecule has 3 rings (SSSR count). The molecule has 3 N–H and O–H groups in total. The smallest absolute Gasteiger partial charge is 0.111 e. The lowest BCUT2D eigenvalue weighted by molar-refractivity contribution is 0.637. The highest BCUT2D eigenvalue weighted by atomic mass is 79.9. The third kappa shape index (κ3) is 1.80. The van der Waals surface area contributed by atoms with Gasteiger partial charge in [-0.1, -0.05) is 28.9 Å². The van der Waals surface area contributed by atoms with Crippen molar-refractivity contribution < 1.29 is 0 Å². The number of aromatic nitrogens is 2. The van der Waals surface area contributed by atoms with Crippen LogP contribution in [0.3, 0.4) is 0 Å². The van der Waals surface area contributed by atoms with Gasteiger partial charge in [-0.25, -0.2) is 4.98 Å². The third-order valence-electron chi connectivity index (χ3n) is 3.66. The largest absolute Gasteiger partial charge is 0.345 e. The summed E-state index contributed by atoms with van der Waals surface area (Å²) in [6.07, 6.45) is 1.97. The number of nitrogens with one attached hydrogen (secondary N) is 1. The zero-order chi connectivity index (χ0) is 12.7. The van der Waals surface area contributed by atoms with Crippen LogP contribution in [0.25, 0.3) is 11.3 Å². The summed E-state index contributed by atoms with van der Waals surface area (Å²) in [5, 5.41) is 0. The second-order valence-corrected chi connectivity index (χ2v) is 5.68. The summed E-state index contributed by atoms with van der Waals surface area (Å²) in [5.41, 5.74) is 10.7. The number of H-pyrrole nitrogens is 1. The van der Waals surface area contributed by atoms with Crippen molar-refractivity contribution in [2.75, 3.05) is 6.54 Å². The number of nitrogens with zero attached hydrogens (tertiary/aromatic N) is 1. The summed E-state index contributed by atoms with van der Waals surface area (Å²) >= 11 is 3.52. The minimum absolute atomic E-state index is 0.339. The van der Waals surface area contributed by atoms with Crippen LogP contribution in [0.2, 0.25) is 0 Å². The van der Waals surface area contributed by atoms with Gasteiger partial charge in [0.05, 0.1) is 5.69 Å². The fourth-order valence-electron chi connectivity index (χ4n) is 2.56. The van der Waals surface area contributed by atoms with Crippen molar-refractivity contribution in [2.24, 2.45) is 5.73 Å². The molecule has 1 unspecified atom stereocenters. The van der Waals surface area contributed by atoms with E-state index in [1.165, 1.54) is 16.8 Å². The predicted molar refractivity (Wildman–Crippen MR) is 76.6 cm³/mol. The maximum Gasteiger partial charge on any atom is 0.111 e. The van der Waals surface area contributed by atoms with E-state index in [0.29, 0.717) is 12.5 Å². The van der Waals surface area contributed by atoms with Crippen molar-refractivity contribution in [1.29, 1.82) is 0 Å². The van der Waals surface area contributed by atoms with Gasteiger partial charge in [-0.2, -0.15) is 0 Å². The van der Waals surface area contributed by atoms with E-state index in [-0.39, 0.29) is 0 Å². The molecule has 0 amide bonds. The summed E-state index contributed by atoms with van der Waals surface area (Å²) in [6, 6.07) is 6.39. The lowest BCUT2D eigenvalue weighted by atomic mass is 10.1. The number of nitrogens with two attached hydrogens (primary N) is 1. The minimum Gasteiger partial charge on any atom is -0.345 e. The van der Waals surface area contributed by atoms with Crippen LogP contribution < -0.4 is 5.73 Å². The molecule has 18 heavy (non-hydrogen) atoms. The van der Waals surface area contributed by atoms with Crippen LogP contribution in [0.1, 0.15) is 36.3 Å². The molecule has 94 valence electrons. The standard InChI is InChI=1S/C14H16BrN3/c1-2-8(7-16)14-17-12-5-9-3-4-10(15)6-11(9)13(12)18-14/h3-4,6,8H,2,5,7,16H2,1H3,(H,17,18). The molecule has 4 heteroatoms. The number of hydrogen-bond acceptors (Lipinski definition) is 2. The van der Waals surface area contributed by atoms with Gasteiger partial charge in [0.25, 0.3) is 0 Å². The molecule has 0 aliphatic heterocycles. The van der Waals surface area contributed by atoms with Crippen molar-refractivity contribution in [3.8, 4) is 11.3 Å². The summed E-state index contributed by atoms with van der Waals surface area (Å²) in [7, 11) is 0. The molecular formula is C14H16BrN3. The second kappa shape index (κ2) is 4.52. The van der Waals surface area contributed by atoms with Crippen molar-refractivity contribution in [2.45, 2.75) is 25.7 Å². The Bertz CT molecular complexity index is 585. The molecule has 3 nitrogen and oxygen atoms in total. The van der Waals surface area contributed by atoms with Gasteiger partial charge >= 0.3 is 0 Å². The lowest BCUT2D eigenvalue weighted by Gasteiger charge is -2.08. The van der Waals surface area contributed by atoms with Crippen LogP contribution in [0.4, 0.5) is 0 Å². The highest BCUT2D eigenvalue weighted by Crippen LogP contribution is 2.37. The Morgan fingerprint density at radius 1 is 1.50 bits per heavy atom. The molecule has 1 heterocycles. The van der Waals surface area contributed by atoms with Gasteiger partial charge in [0.2, 0.25) is 0 Å². The quantitative estimate of drug-likeness (QED) is 0.781. The molecule has 1 atom stereocenters. The van der Waals surface area contributed by atoms with Gasteiger partial charge < -0.3 is 10.7 Å². The van der Waals surface area contributed by atoms with E-state index in [9.17, 15) is 0 Å². The lowest BCUT2D eigenvalue weighted by Crippen LogP contribution is -2.13. The molecule has 0 fully saturated rings. The zero-order valence-corrected chi connectivity index (χ0v) is 11.9. The Morgan fingerprint density at radius 2 is 2.33 bits per heavy atom. The summed E-state index contributed by atoms with van der Waals surface area (Å²) < 4.78 is 1.10. The van der Waals surface area contributed by atoms with Crippen LogP contribution in [0.15, 0.2) is 22.7 Å². The molecule has 1 aromatic carbocycles. The first-order chi connectivity index (χ1) is 8.72. The van der Waals surface area contributed by atoms with E-state index in [4.69, 9.17) is 10.7 Å². The number of halogens is 1. The van der Waals surface area contributed by atoms with Crippen LogP contribution >= 0.6 is 15.9 Å². The number of imidazole rings is 1. The van der Waals surface area contributed by atoms with Crippen molar-refractivity contribution >= 4 is 15.9 Å². The minimum atomic E-state index is 0.339. The normalized spacial score (nSPS) is 14.4. The van der Waals surface area contributed by atoms with E-state index in [0.717, 1.165) is 28.8 Å². The summed E-state index contributed by atoms with van der Waals surface area (Å²) in [5.74, 6) is 1.38. The Morgan fingerprint density at radius 3 is 3.06 bits per heavy atom. The van der Waals surface area contributed by atoms with Gasteiger partial charge in [-0.15, -0.1) is 0 Å². The first-order valence-electron chi connectivity index (χ1n) is 6.30. The monoisotopic (exact) mass is 305 g/mol. The average Bonchev–Trinajstić information content (AvgIpc) is 2.89. The summed E-state index contributed by atoms with van der Waals surface area (Å²) in [4.78, 5) is 8.21. The first kappa shape index (κ1) is 11.9. The third-order valence-corrected chi connectivity index (χ3v) is 4.15. The predicted octanol–water partition coefficient (Wildman–Crippen LogP) is 3.20. The van der Waals surface area contributed by atoms with E-state index < -0.39 is 0 Å². The fraction of sp³-hybridized carbons (Fsp3) is 0.357. The Hall–Kier alpha value is -1.13. The SMILES string of the molecule is CCC(CN)c1nc2c([nH]1)Cc1ccc(Br)cc1-2. The second-order valence-electron chi connectivity index (χ2n) is 4.77. The van der Waals surface area contributed by atoms with Gasteiger partial charge in [0.15, 0.2) is 0 Å².